The minimum Gasteiger partial charge on any atom is -0.336 e. The van der Waals surface area contributed by atoms with Gasteiger partial charge in [0, 0.05) is 31.5 Å². The molecule has 0 radical (unpaired) electrons. The van der Waals surface area contributed by atoms with Crippen molar-refractivity contribution in [3.05, 3.63) is 76.3 Å². The van der Waals surface area contributed by atoms with E-state index in [0.29, 0.717) is 30.3 Å². The highest BCUT2D eigenvalue weighted by Crippen LogP contribution is 2.35. The van der Waals surface area contributed by atoms with Crippen LogP contribution in [-0.4, -0.2) is 26.4 Å². The lowest BCUT2D eigenvalue weighted by Crippen LogP contribution is -2.37. The van der Waals surface area contributed by atoms with Gasteiger partial charge in [0.1, 0.15) is 5.82 Å². The Labute approximate surface area is 171 Å². The second kappa shape index (κ2) is 8.19. The van der Waals surface area contributed by atoms with Crippen molar-refractivity contribution in [3.8, 4) is 0 Å². The van der Waals surface area contributed by atoms with Gasteiger partial charge in [0.15, 0.2) is 0 Å². The van der Waals surface area contributed by atoms with E-state index in [1.165, 1.54) is 0 Å². The van der Waals surface area contributed by atoms with Gasteiger partial charge in [-0.2, -0.15) is 0 Å². The highest BCUT2D eigenvalue weighted by atomic mass is 16.2. The molecule has 29 heavy (non-hydrogen) atoms. The van der Waals surface area contributed by atoms with Crippen LogP contribution >= 0.6 is 0 Å². The number of para-hydroxylation sites is 1. The molecule has 0 aliphatic heterocycles. The second-order valence-corrected chi connectivity index (χ2v) is 8.05. The summed E-state index contributed by atoms with van der Waals surface area (Å²) in [4.78, 5) is 32.7. The molecule has 150 valence electrons. The molecule has 1 saturated carbocycles. The van der Waals surface area contributed by atoms with E-state index in [0.717, 1.165) is 24.2 Å². The number of aryl methyl sites for hydroxylation is 1. The number of aromatic nitrogens is 2. The van der Waals surface area contributed by atoms with Gasteiger partial charge < -0.3 is 4.90 Å². The summed E-state index contributed by atoms with van der Waals surface area (Å²) in [6, 6.07) is 17.9. The lowest BCUT2D eigenvalue weighted by Gasteiger charge is -2.27. The van der Waals surface area contributed by atoms with Gasteiger partial charge in [-0.1, -0.05) is 42.5 Å². The first-order chi connectivity index (χ1) is 14.0. The summed E-state index contributed by atoms with van der Waals surface area (Å²) in [5.41, 5.74) is 1.85. The Kier molecular flexibility index (Phi) is 5.47. The van der Waals surface area contributed by atoms with Gasteiger partial charge in [-0.3, -0.25) is 14.2 Å². The fourth-order valence-corrected chi connectivity index (χ4v) is 3.78. The molecular weight excluding hydrogens is 362 g/mol. The number of hydrogen-bond donors (Lipinski definition) is 0. The van der Waals surface area contributed by atoms with Crippen LogP contribution in [0.15, 0.2) is 59.4 Å². The number of carbonyl (C=O) groups is 1. The van der Waals surface area contributed by atoms with E-state index >= 15 is 0 Å². The van der Waals surface area contributed by atoms with Crippen molar-refractivity contribution in [1.82, 2.24) is 14.5 Å². The van der Waals surface area contributed by atoms with Crippen molar-refractivity contribution in [3.63, 3.8) is 0 Å². The van der Waals surface area contributed by atoms with Crippen molar-refractivity contribution in [2.24, 2.45) is 0 Å². The predicted molar refractivity (Wildman–Crippen MR) is 115 cm³/mol. The molecule has 1 aliphatic carbocycles. The van der Waals surface area contributed by atoms with Gasteiger partial charge in [-0.25, -0.2) is 4.98 Å². The van der Waals surface area contributed by atoms with Crippen LogP contribution in [0.4, 0.5) is 0 Å². The number of carbonyl (C=O) groups excluding carboxylic acids is 1. The SMILES string of the molecule is CC(C)N(Cc1ccccc1)C(=O)CCc1nc2ccccc2c(=O)n1C1CC1. The zero-order valence-electron chi connectivity index (χ0n) is 17.0. The lowest BCUT2D eigenvalue weighted by molar-refractivity contribution is -0.133. The Morgan fingerprint density at radius 3 is 2.48 bits per heavy atom. The average Bonchev–Trinajstić information content (AvgIpc) is 3.56. The first-order valence-corrected chi connectivity index (χ1v) is 10.4. The number of rotatable bonds is 7. The number of fused-ring (bicyclic) bond motifs is 1. The number of hydrogen-bond acceptors (Lipinski definition) is 3. The average molecular weight is 389 g/mol. The lowest BCUT2D eigenvalue weighted by atomic mass is 10.1. The summed E-state index contributed by atoms with van der Waals surface area (Å²) in [6.45, 7) is 4.67. The molecule has 1 aliphatic rings. The van der Waals surface area contributed by atoms with Gasteiger partial charge in [-0.05, 0) is 44.4 Å². The maximum atomic E-state index is 13.0. The van der Waals surface area contributed by atoms with E-state index in [1.54, 1.807) is 0 Å². The van der Waals surface area contributed by atoms with Crippen LogP contribution < -0.4 is 5.56 Å². The number of amides is 1. The fraction of sp³-hybridized carbons (Fsp3) is 0.375. The van der Waals surface area contributed by atoms with Crippen molar-refractivity contribution < 1.29 is 4.79 Å². The fourth-order valence-electron chi connectivity index (χ4n) is 3.78. The first-order valence-electron chi connectivity index (χ1n) is 10.4. The third-order valence-electron chi connectivity index (χ3n) is 5.49. The molecule has 0 unspecified atom stereocenters. The Morgan fingerprint density at radius 2 is 1.79 bits per heavy atom. The number of nitrogens with zero attached hydrogens (tertiary/aromatic N) is 3. The molecule has 5 heteroatoms. The van der Waals surface area contributed by atoms with Crippen molar-refractivity contribution in [2.75, 3.05) is 0 Å². The standard InChI is InChI=1S/C24H27N3O2/c1-17(2)26(16-18-8-4-3-5-9-18)23(28)15-14-22-25-21-11-7-6-10-20(21)24(29)27(22)19-12-13-19/h3-11,17,19H,12-16H2,1-2H3. The van der Waals surface area contributed by atoms with Gasteiger partial charge in [-0.15, -0.1) is 0 Å². The van der Waals surface area contributed by atoms with E-state index in [-0.39, 0.29) is 23.6 Å². The van der Waals surface area contributed by atoms with Crippen LogP contribution in [-0.2, 0) is 17.8 Å². The smallest absolute Gasteiger partial charge is 0.261 e. The molecule has 4 rings (SSSR count). The third-order valence-corrected chi connectivity index (χ3v) is 5.49. The minimum absolute atomic E-state index is 0.0190. The highest BCUT2D eigenvalue weighted by molar-refractivity contribution is 5.78. The van der Waals surface area contributed by atoms with E-state index < -0.39 is 0 Å². The largest absolute Gasteiger partial charge is 0.336 e. The topological polar surface area (TPSA) is 55.2 Å². The van der Waals surface area contributed by atoms with E-state index in [4.69, 9.17) is 4.98 Å². The monoisotopic (exact) mass is 389 g/mol. The highest BCUT2D eigenvalue weighted by Gasteiger charge is 2.28. The Morgan fingerprint density at radius 1 is 1.10 bits per heavy atom. The van der Waals surface area contributed by atoms with E-state index in [9.17, 15) is 9.59 Å². The molecule has 1 heterocycles. The Balaban J connectivity index is 1.56. The van der Waals surface area contributed by atoms with Crippen LogP contribution in [0.1, 0.15) is 50.5 Å². The summed E-state index contributed by atoms with van der Waals surface area (Å²) in [5.74, 6) is 0.821. The maximum absolute atomic E-state index is 13.0. The maximum Gasteiger partial charge on any atom is 0.261 e. The van der Waals surface area contributed by atoms with Crippen LogP contribution in [0.3, 0.4) is 0 Å². The van der Waals surface area contributed by atoms with Crippen LogP contribution in [0.2, 0.25) is 0 Å². The molecule has 0 spiro atoms. The van der Waals surface area contributed by atoms with E-state index in [2.05, 4.69) is 0 Å². The normalized spacial score (nSPS) is 13.8. The van der Waals surface area contributed by atoms with Crippen LogP contribution in [0, 0.1) is 0 Å². The molecule has 0 N–H and O–H groups in total. The summed E-state index contributed by atoms with van der Waals surface area (Å²) < 4.78 is 1.83. The molecule has 1 aromatic heterocycles. The quantitative estimate of drug-likeness (QED) is 0.611. The van der Waals surface area contributed by atoms with Gasteiger partial charge >= 0.3 is 0 Å². The van der Waals surface area contributed by atoms with Gasteiger partial charge in [0.05, 0.1) is 10.9 Å². The second-order valence-electron chi connectivity index (χ2n) is 8.05. The van der Waals surface area contributed by atoms with Crippen LogP contribution in [0.25, 0.3) is 10.9 Å². The molecule has 0 saturated heterocycles. The summed E-state index contributed by atoms with van der Waals surface area (Å²) in [7, 11) is 0. The summed E-state index contributed by atoms with van der Waals surface area (Å²) in [6.07, 6.45) is 2.84. The molecule has 5 nitrogen and oxygen atoms in total. The molecule has 0 atom stereocenters. The minimum atomic E-state index is 0.0190. The van der Waals surface area contributed by atoms with E-state index in [1.807, 2.05) is 77.9 Å². The third kappa shape index (κ3) is 4.24. The first kappa shape index (κ1) is 19.4. The van der Waals surface area contributed by atoms with Crippen molar-refractivity contribution in [1.29, 1.82) is 0 Å². The Bertz CT molecular complexity index is 1070. The molecule has 0 bridgehead atoms. The van der Waals surface area contributed by atoms with Gasteiger partial charge in [0.25, 0.3) is 5.56 Å². The predicted octanol–water partition coefficient (Wildman–Crippen LogP) is 4.10. The molecule has 1 amide bonds. The zero-order chi connectivity index (χ0) is 20.4. The van der Waals surface area contributed by atoms with Crippen LogP contribution in [0.5, 0.6) is 0 Å². The molecule has 3 aromatic rings. The molecule has 1 fully saturated rings. The van der Waals surface area contributed by atoms with Crippen molar-refractivity contribution in [2.45, 2.75) is 58.2 Å². The summed E-state index contributed by atoms with van der Waals surface area (Å²) >= 11 is 0. The zero-order valence-corrected chi connectivity index (χ0v) is 17.0. The van der Waals surface area contributed by atoms with Gasteiger partial charge in [0.2, 0.25) is 5.91 Å². The molecular formula is C24H27N3O2. The Hall–Kier alpha value is -2.95. The number of benzene rings is 2. The van der Waals surface area contributed by atoms with Crippen molar-refractivity contribution >= 4 is 16.8 Å². The summed E-state index contributed by atoms with van der Waals surface area (Å²) in [5, 5.41) is 0.655. The molecule has 2 aromatic carbocycles.